The van der Waals surface area contributed by atoms with E-state index in [1.54, 1.807) is 12.4 Å². The highest BCUT2D eigenvalue weighted by atomic mass is 16.4. The number of H-pyrrole nitrogens is 1. The van der Waals surface area contributed by atoms with Crippen LogP contribution in [0.5, 0.6) is 0 Å². The van der Waals surface area contributed by atoms with Crippen LogP contribution in [0.2, 0.25) is 0 Å². The Balaban J connectivity index is 0.000000220. The van der Waals surface area contributed by atoms with Crippen LogP contribution >= 0.6 is 0 Å². The van der Waals surface area contributed by atoms with Crippen molar-refractivity contribution in [3.63, 3.8) is 0 Å². The molecule has 0 aliphatic heterocycles. The summed E-state index contributed by atoms with van der Waals surface area (Å²) in [7, 11) is 0. The van der Waals surface area contributed by atoms with Crippen molar-refractivity contribution >= 4 is 12.1 Å². The van der Waals surface area contributed by atoms with Crippen molar-refractivity contribution < 1.29 is 19.5 Å². The SMILES string of the molecule is O=C(O)c1cc(=O)cc[nH]1.O=C=O.c1ccc(-c2ccccn2)nc1. The molecule has 126 valence electrons. The van der Waals surface area contributed by atoms with Gasteiger partial charge >= 0.3 is 12.1 Å². The number of rotatable bonds is 2. The number of carbonyl (C=O) groups is 1. The van der Waals surface area contributed by atoms with Crippen LogP contribution in [0, 0.1) is 0 Å². The number of nitrogens with zero attached hydrogens (tertiary/aromatic N) is 2. The first-order valence-electron chi connectivity index (χ1n) is 6.82. The third-order valence-electron chi connectivity index (χ3n) is 2.60. The Morgan fingerprint density at radius 1 is 0.960 bits per heavy atom. The van der Waals surface area contributed by atoms with Gasteiger partial charge in [0.05, 0.1) is 11.4 Å². The van der Waals surface area contributed by atoms with Crippen molar-refractivity contribution in [2.24, 2.45) is 0 Å². The highest BCUT2D eigenvalue weighted by Crippen LogP contribution is 2.10. The highest BCUT2D eigenvalue weighted by Gasteiger charge is 2.00. The summed E-state index contributed by atoms with van der Waals surface area (Å²) in [4.78, 5) is 47.7. The average Bonchev–Trinajstić information content (AvgIpc) is 2.64. The molecule has 25 heavy (non-hydrogen) atoms. The molecule has 0 aliphatic carbocycles. The van der Waals surface area contributed by atoms with Crippen molar-refractivity contribution in [1.29, 1.82) is 0 Å². The lowest BCUT2D eigenvalue weighted by Gasteiger charge is -1.96. The smallest absolute Gasteiger partial charge is 0.373 e. The van der Waals surface area contributed by atoms with Gasteiger partial charge < -0.3 is 10.1 Å². The van der Waals surface area contributed by atoms with Gasteiger partial charge in [-0.3, -0.25) is 14.8 Å². The van der Waals surface area contributed by atoms with Gasteiger partial charge in [0.15, 0.2) is 5.43 Å². The number of aromatic amines is 1. The van der Waals surface area contributed by atoms with Crippen molar-refractivity contribution in [2.75, 3.05) is 0 Å². The van der Waals surface area contributed by atoms with Gasteiger partial charge in [-0.1, -0.05) is 12.1 Å². The molecule has 8 heteroatoms. The summed E-state index contributed by atoms with van der Waals surface area (Å²) in [6, 6.07) is 13.9. The van der Waals surface area contributed by atoms with Crippen LogP contribution in [0.1, 0.15) is 10.5 Å². The minimum atomic E-state index is -1.13. The lowest BCUT2D eigenvalue weighted by Crippen LogP contribution is -2.06. The third-order valence-corrected chi connectivity index (χ3v) is 2.60. The first-order valence-corrected chi connectivity index (χ1v) is 6.82. The lowest BCUT2D eigenvalue weighted by molar-refractivity contribution is -0.191. The number of carboxylic acids is 1. The minimum absolute atomic E-state index is 0.0903. The zero-order valence-corrected chi connectivity index (χ0v) is 12.8. The molecule has 0 unspecified atom stereocenters. The van der Waals surface area contributed by atoms with Crippen molar-refractivity contribution in [1.82, 2.24) is 15.0 Å². The standard InChI is InChI=1S/C10H8N2.C6H5NO3.CO2/c1-3-7-11-9(5-1)10-6-2-4-8-12-10;8-4-1-2-7-5(3-4)6(9)10;2-1-3/h1-8H;1-3H,(H,7,8)(H,9,10);. The van der Waals surface area contributed by atoms with Gasteiger partial charge in [-0.2, -0.15) is 9.59 Å². The highest BCUT2D eigenvalue weighted by molar-refractivity contribution is 5.85. The zero-order chi connectivity index (χ0) is 18.5. The number of carbonyl (C=O) groups excluding carboxylic acids is 2. The number of hydrogen-bond acceptors (Lipinski definition) is 6. The van der Waals surface area contributed by atoms with E-state index < -0.39 is 5.97 Å². The third kappa shape index (κ3) is 7.27. The maximum atomic E-state index is 10.5. The van der Waals surface area contributed by atoms with E-state index in [2.05, 4.69) is 15.0 Å². The number of nitrogens with one attached hydrogen (secondary N) is 1. The fourth-order valence-corrected chi connectivity index (χ4v) is 1.60. The number of carboxylic acid groups (broad SMARTS) is 1. The Bertz CT molecular complexity index is 836. The minimum Gasteiger partial charge on any atom is -0.477 e. The molecular formula is C17H13N3O5. The van der Waals surface area contributed by atoms with E-state index in [0.29, 0.717) is 0 Å². The number of hydrogen-bond donors (Lipinski definition) is 2. The van der Waals surface area contributed by atoms with E-state index in [1.165, 1.54) is 12.3 Å². The molecule has 8 nitrogen and oxygen atoms in total. The molecule has 0 amide bonds. The van der Waals surface area contributed by atoms with Crippen molar-refractivity contribution in [3.8, 4) is 11.4 Å². The van der Waals surface area contributed by atoms with E-state index in [9.17, 15) is 9.59 Å². The Kier molecular flexibility index (Phi) is 8.24. The molecule has 0 bridgehead atoms. The van der Waals surface area contributed by atoms with Crippen LogP contribution in [0.25, 0.3) is 11.4 Å². The van der Waals surface area contributed by atoms with E-state index in [1.807, 2.05) is 36.4 Å². The van der Waals surface area contributed by atoms with E-state index in [4.69, 9.17) is 14.7 Å². The molecule has 0 spiro atoms. The molecule has 0 atom stereocenters. The van der Waals surface area contributed by atoms with Gasteiger partial charge in [0.25, 0.3) is 0 Å². The van der Waals surface area contributed by atoms with Crippen LogP contribution in [0.3, 0.4) is 0 Å². The Morgan fingerprint density at radius 3 is 1.80 bits per heavy atom. The number of pyridine rings is 3. The van der Waals surface area contributed by atoms with Crippen LogP contribution in [0.15, 0.2) is 71.9 Å². The van der Waals surface area contributed by atoms with E-state index >= 15 is 0 Å². The summed E-state index contributed by atoms with van der Waals surface area (Å²) < 4.78 is 0. The van der Waals surface area contributed by atoms with Gasteiger partial charge in [-0.15, -0.1) is 0 Å². The van der Waals surface area contributed by atoms with Crippen LogP contribution in [-0.4, -0.2) is 32.2 Å². The average molecular weight is 339 g/mol. The van der Waals surface area contributed by atoms with Gasteiger partial charge in [-0.25, -0.2) is 4.79 Å². The summed E-state index contributed by atoms with van der Waals surface area (Å²) in [5.41, 5.74) is 1.43. The summed E-state index contributed by atoms with van der Waals surface area (Å²) in [6.07, 6.45) is 5.08. The first kappa shape index (κ1) is 19.1. The topological polar surface area (TPSA) is 130 Å². The summed E-state index contributed by atoms with van der Waals surface area (Å²) in [5.74, 6) is -1.13. The van der Waals surface area contributed by atoms with Crippen molar-refractivity contribution in [2.45, 2.75) is 0 Å². The second kappa shape index (κ2) is 10.8. The predicted molar refractivity (Wildman–Crippen MR) is 86.5 cm³/mol. The number of aromatic nitrogens is 3. The quantitative estimate of drug-likeness (QED) is 0.725. The lowest BCUT2D eigenvalue weighted by atomic mass is 10.2. The Hall–Kier alpha value is -3.90. The maximum Gasteiger partial charge on any atom is 0.373 e. The van der Waals surface area contributed by atoms with Gasteiger partial charge in [0.2, 0.25) is 0 Å². The van der Waals surface area contributed by atoms with Gasteiger partial charge in [0.1, 0.15) is 5.69 Å². The van der Waals surface area contributed by atoms with Crippen LogP contribution < -0.4 is 5.43 Å². The maximum absolute atomic E-state index is 10.5. The molecule has 0 saturated heterocycles. The Morgan fingerprint density at radius 2 is 1.48 bits per heavy atom. The molecular weight excluding hydrogens is 326 g/mol. The van der Waals surface area contributed by atoms with Crippen molar-refractivity contribution in [3.05, 3.63) is 83.0 Å². The predicted octanol–water partition coefficient (Wildman–Crippen LogP) is 1.63. The zero-order valence-electron chi connectivity index (χ0n) is 12.8. The van der Waals surface area contributed by atoms with E-state index in [0.717, 1.165) is 17.5 Å². The molecule has 0 aromatic carbocycles. The fraction of sp³-hybridized carbons (Fsp3) is 0. The van der Waals surface area contributed by atoms with Gasteiger partial charge in [-0.05, 0) is 24.3 Å². The van der Waals surface area contributed by atoms with Crippen LogP contribution in [0.4, 0.5) is 0 Å². The van der Waals surface area contributed by atoms with E-state index in [-0.39, 0.29) is 17.3 Å². The summed E-state index contributed by atoms with van der Waals surface area (Å²) >= 11 is 0. The summed E-state index contributed by atoms with van der Waals surface area (Å²) in [6.45, 7) is 0. The van der Waals surface area contributed by atoms with Crippen LogP contribution in [-0.2, 0) is 9.59 Å². The monoisotopic (exact) mass is 339 g/mol. The normalized spacial score (nSPS) is 8.64. The molecule has 0 saturated carbocycles. The molecule has 0 aliphatic rings. The Labute approximate surface area is 141 Å². The number of aromatic carboxylic acids is 1. The molecule has 2 N–H and O–H groups in total. The van der Waals surface area contributed by atoms with Gasteiger partial charge in [0, 0.05) is 30.7 Å². The second-order valence-corrected chi connectivity index (χ2v) is 4.26. The molecule has 3 aromatic rings. The molecule has 0 fully saturated rings. The second-order valence-electron chi connectivity index (χ2n) is 4.26. The first-order chi connectivity index (χ1) is 12.1. The molecule has 3 rings (SSSR count). The summed E-state index contributed by atoms with van der Waals surface area (Å²) in [5, 5.41) is 8.34. The molecule has 3 heterocycles. The largest absolute Gasteiger partial charge is 0.477 e. The fourth-order valence-electron chi connectivity index (χ4n) is 1.60. The molecule has 0 radical (unpaired) electrons. The molecule has 3 aromatic heterocycles.